The van der Waals surface area contributed by atoms with Gasteiger partial charge in [0.2, 0.25) is 0 Å². The number of aryl methyl sites for hydroxylation is 1. The predicted molar refractivity (Wildman–Crippen MR) is 152 cm³/mol. The molecule has 4 rings (SSSR count). The van der Waals surface area contributed by atoms with Gasteiger partial charge in [0, 0.05) is 63.1 Å². The molecule has 0 saturated carbocycles. The lowest BCUT2D eigenvalue weighted by Gasteiger charge is -2.41. The molecule has 1 aliphatic heterocycles. The van der Waals surface area contributed by atoms with Crippen LogP contribution in [0.5, 0.6) is 0 Å². The number of benzene rings is 2. The molecule has 238 valence electrons. The molecule has 44 heavy (non-hydrogen) atoms. The van der Waals surface area contributed by atoms with Crippen molar-refractivity contribution in [2.75, 3.05) is 26.2 Å². The lowest BCUT2D eigenvalue weighted by Crippen LogP contribution is -2.53. The zero-order valence-electron chi connectivity index (χ0n) is 24.5. The zero-order valence-corrected chi connectivity index (χ0v) is 24.5. The van der Waals surface area contributed by atoms with E-state index in [9.17, 15) is 36.2 Å². The van der Waals surface area contributed by atoms with E-state index in [4.69, 9.17) is 4.74 Å². The first-order valence-electron chi connectivity index (χ1n) is 14.3. The van der Waals surface area contributed by atoms with E-state index in [-0.39, 0.29) is 12.0 Å². The minimum absolute atomic E-state index is 0.118. The summed E-state index contributed by atoms with van der Waals surface area (Å²) in [6.07, 6.45) is -7.41. The maximum Gasteiger partial charge on any atom is 0.430 e. The monoisotopic (exact) mass is 623 g/mol. The number of esters is 1. The number of rotatable bonds is 10. The quantitative estimate of drug-likeness (QED) is 0.208. The number of hydrogen-bond acceptors (Lipinski definition) is 6. The highest BCUT2D eigenvalue weighted by Crippen LogP contribution is 2.50. The molecule has 1 saturated heterocycles. The molecule has 1 aliphatic rings. The molecule has 6 nitrogen and oxygen atoms in total. The smallest absolute Gasteiger partial charge is 0.430 e. The number of aromatic nitrogens is 1. The van der Waals surface area contributed by atoms with Crippen LogP contribution in [0.15, 0.2) is 67.0 Å². The molecule has 0 unspecified atom stereocenters. The summed E-state index contributed by atoms with van der Waals surface area (Å²) in [6.45, 7) is 7.62. The van der Waals surface area contributed by atoms with E-state index >= 15 is 0 Å². The third-order valence-electron chi connectivity index (χ3n) is 7.94. The van der Waals surface area contributed by atoms with Gasteiger partial charge in [-0.15, -0.1) is 0 Å². The number of aliphatic hydroxyl groups is 1. The Bertz CT molecular complexity index is 1380. The summed E-state index contributed by atoms with van der Waals surface area (Å²) in [4.78, 5) is 20.8. The predicted octanol–water partition coefficient (Wildman–Crippen LogP) is 6.40. The minimum Gasteiger partial charge on any atom is -0.466 e. The van der Waals surface area contributed by atoms with E-state index in [0.29, 0.717) is 49.3 Å². The maximum atomic E-state index is 13.3. The SMILES string of the molecule is CCOC(=O)CC[C@H]1CN(Cc2ccc(-c3ccc(C(O)(C(F)(F)F)C(F)(F)F)cc3)c(C)c2)CCN1Cc1ccncc1. The third kappa shape index (κ3) is 7.59. The first-order chi connectivity index (χ1) is 20.7. The number of nitrogens with zero attached hydrogens (tertiary/aromatic N) is 3. The van der Waals surface area contributed by atoms with Crippen molar-refractivity contribution in [1.82, 2.24) is 14.8 Å². The second-order valence-electron chi connectivity index (χ2n) is 11.0. The minimum atomic E-state index is -5.94. The average molecular weight is 624 g/mol. The summed E-state index contributed by atoms with van der Waals surface area (Å²) in [5.41, 5.74) is -2.25. The molecule has 0 radical (unpaired) electrons. The van der Waals surface area contributed by atoms with E-state index in [2.05, 4.69) is 14.8 Å². The summed E-state index contributed by atoms with van der Waals surface area (Å²) < 4.78 is 84.7. The van der Waals surface area contributed by atoms with E-state index in [1.165, 1.54) is 0 Å². The fourth-order valence-electron chi connectivity index (χ4n) is 5.61. The van der Waals surface area contributed by atoms with Crippen molar-refractivity contribution < 1.29 is 41.0 Å². The van der Waals surface area contributed by atoms with Gasteiger partial charge in [-0.1, -0.05) is 42.5 Å². The summed E-state index contributed by atoms with van der Waals surface area (Å²) in [5, 5.41) is 9.67. The Morgan fingerprint density at radius 2 is 1.59 bits per heavy atom. The van der Waals surface area contributed by atoms with Gasteiger partial charge >= 0.3 is 18.3 Å². The van der Waals surface area contributed by atoms with Gasteiger partial charge in [0.1, 0.15) is 0 Å². The Kier molecular flexibility index (Phi) is 10.4. The number of hydrogen-bond donors (Lipinski definition) is 1. The first-order valence-corrected chi connectivity index (χ1v) is 14.3. The van der Waals surface area contributed by atoms with Gasteiger partial charge in [0.15, 0.2) is 0 Å². The van der Waals surface area contributed by atoms with E-state index < -0.39 is 23.5 Å². The van der Waals surface area contributed by atoms with Crippen molar-refractivity contribution in [2.24, 2.45) is 0 Å². The van der Waals surface area contributed by atoms with Crippen molar-refractivity contribution >= 4 is 5.97 Å². The summed E-state index contributed by atoms with van der Waals surface area (Å²) in [7, 11) is 0. The number of carbonyl (C=O) groups excluding carboxylic acids is 1. The summed E-state index contributed by atoms with van der Waals surface area (Å²) in [6, 6.07) is 13.3. The second kappa shape index (κ2) is 13.7. The number of halogens is 6. The summed E-state index contributed by atoms with van der Waals surface area (Å²) in [5.74, 6) is -0.228. The Morgan fingerprint density at radius 3 is 2.18 bits per heavy atom. The molecule has 0 spiro atoms. The van der Waals surface area contributed by atoms with Crippen LogP contribution in [0.25, 0.3) is 11.1 Å². The van der Waals surface area contributed by atoms with Crippen molar-refractivity contribution in [2.45, 2.75) is 63.8 Å². The van der Waals surface area contributed by atoms with Crippen LogP contribution in [-0.2, 0) is 28.2 Å². The molecular formula is C32H35F6N3O3. The average Bonchev–Trinajstić information content (AvgIpc) is 2.96. The van der Waals surface area contributed by atoms with Crippen LogP contribution in [0.2, 0.25) is 0 Å². The lowest BCUT2D eigenvalue weighted by atomic mass is 9.90. The molecule has 0 amide bonds. The maximum absolute atomic E-state index is 13.3. The van der Waals surface area contributed by atoms with Crippen molar-refractivity contribution in [3.63, 3.8) is 0 Å². The van der Waals surface area contributed by atoms with Crippen molar-refractivity contribution in [3.05, 3.63) is 89.2 Å². The number of carbonyl (C=O) groups is 1. The highest BCUT2D eigenvalue weighted by molar-refractivity contribution is 5.69. The molecule has 0 bridgehead atoms. The summed E-state index contributed by atoms with van der Waals surface area (Å²) >= 11 is 0. The van der Waals surface area contributed by atoms with Gasteiger partial charge in [-0.25, -0.2) is 0 Å². The van der Waals surface area contributed by atoms with Crippen LogP contribution in [0.1, 0.15) is 42.0 Å². The zero-order chi connectivity index (χ0) is 32.1. The van der Waals surface area contributed by atoms with Crippen LogP contribution < -0.4 is 0 Å². The number of alkyl halides is 6. The van der Waals surface area contributed by atoms with E-state index in [1.54, 1.807) is 25.4 Å². The van der Waals surface area contributed by atoms with Gasteiger partial charge in [0.05, 0.1) is 6.61 Å². The van der Waals surface area contributed by atoms with Crippen LogP contribution in [-0.4, -0.2) is 70.5 Å². The number of piperazine rings is 1. The fourth-order valence-corrected chi connectivity index (χ4v) is 5.61. The van der Waals surface area contributed by atoms with Gasteiger partial charge in [-0.3, -0.25) is 19.6 Å². The molecule has 1 aromatic heterocycles. The lowest BCUT2D eigenvalue weighted by molar-refractivity contribution is -0.376. The highest BCUT2D eigenvalue weighted by Gasteiger charge is 2.71. The molecule has 0 aliphatic carbocycles. The van der Waals surface area contributed by atoms with Crippen molar-refractivity contribution in [3.8, 4) is 11.1 Å². The molecule has 3 aromatic rings. The van der Waals surface area contributed by atoms with Crippen LogP contribution in [0.3, 0.4) is 0 Å². The van der Waals surface area contributed by atoms with Crippen molar-refractivity contribution in [1.29, 1.82) is 0 Å². The third-order valence-corrected chi connectivity index (χ3v) is 7.94. The molecule has 1 atom stereocenters. The standard InChI is InChI=1S/C32H35F6N3O3/c1-3-44-29(42)11-9-27-21-40(16-17-41(27)20-23-12-14-39-15-13-23)19-24-4-10-28(22(2)18-24)25-5-7-26(8-6-25)30(43,31(33,34)35)32(36,37)38/h4-8,10,12-15,18,27,43H,3,9,11,16-17,19-21H2,1-2H3/t27-/m0/s1. The van der Waals surface area contributed by atoms with Crippen LogP contribution >= 0.6 is 0 Å². The fraction of sp³-hybridized carbons (Fsp3) is 0.438. The normalized spacial score (nSPS) is 17.1. The first kappa shape index (κ1) is 33.4. The largest absolute Gasteiger partial charge is 0.466 e. The Balaban J connectivity index is 1.46. The number of ether oxygens (including phenoxy) is 1. The Morgan fingerprint density at radius 1 is 0.932 bits per heavy atom. The molecule has 12 heteroatoms. The van der Waals surface area contributed by atoms with Crippen LogP contribution in [0, 0.1) is 6.92 Å². The Labute approximate surface area is 252 Å². The molecular weight excluding hydrogens is 588 g/mol. The molecule has 1 fully saturated rings. The Hall–Kier alpha value is -3.48. The second-order valence-corrected chi connectivity index (χ2v) is 11.0. The highest BCUT2D eigenvalue weighted by atomic mass is 19.4. The van der Waals surface area contributed by atoms with E-state index in [0.717, 1.165) is 55.0 Å². The molecule has 2 aromatic carbocycles. The number of pyridine rings is 1. The van der Waals surface area contributed by atoms with Gasteiger partial charge in [-0.2, -0.15) is 26.3 Å². The molecule has 2 heterocycles. The molecule has 1 N–H and O–H groups in total. The van der Waals surface area contributed by atoms with Gasteiger partial charge in [0.25, 0.3) is 5.60 Å². The van der Waals surface area contributed by atoms with Gasteiger partial charge < -0.3 is 9.84 Å². The van der Waals surface area contributed by atoms with Gasteiger partial charge in [-0.05, 0) is 60.2 Å². The van der Waals surface area contributed by atoms with E-state index in [1.807, 2.05) is 31.2 Å². The van der Waals surface area contributed by atoms with Crippen LogP contribution in [0.4, 0.5) is 26.3 Å². The topological polar surface area (TPSA) is 65.9 Å².